The lowest BCUT2D eigenvalue weighted by atomic mass is 9.65. The largest absolute Gasteiger partial charge is 0.334 e. The highest BCUT2D eigenvalue weighted by Gasteiger charge is 2.51. The van der Waals surface area contributed by atoms with Gasteiger partial charge in [-0.2, -0.15) is 0 Å². The Labute approximate surface area is 274 Å². The van der Waals surface area contributed by atoms with Crippen molar-refractivity contribution in [1.29, 1.82) is 0 Å². The first-order chi connectivity index (χ1) is 23.3. The molecule has 1 aliphatic heterocycles. The van der Waals surface area contributed by atoms with E-state index in [1.165, 1.54) is 56.0 Å². The van der Waals surface area contributed by atoms with Crippen LogP contribution in [0.4, 0.5) is 11.4 Å². The number of fused-ring (bicyclic) bond motifs is 9. The summed E-state index contributed by atoms with van der Waals surface area (Å²) in [6.45, 7) is 0. The molecule has 10 rings (SSSR count). The Bertz CT molecular complexity index is 2400. The van der Waals surface area contributed by atoms with Gasteiger partial charge in [0.25, 0.3) is 0 Å². The summed E-state index contributed by atoms with van der Waals surface area (Å²) in [4.78, 5) is 7.81. The van der Waals surface area contributed by atoms with Gasteiger partial charge in [0.2, 0.25) is 0 Å². The SMILES string of the molecule is C1=CCC(N(c2ccccc2)c2ccc3c(c2)C2(c4ccccc4-3)c3ccccc3-n3c(-c4ccccc4)nc4cccc2c43)C=C1. The number of imidazole rings is 1. The Kier molecular flexibility index (Phi) is 5.62. The minimum absolute atomic E-state index is 0.220. The molecule has 2 aliphatic carbocycles. The number of allylic oxidation sites excluding steroid dienone is 2. The lowest BCUT2D eigenvalue weighted by molar-refractivity contribution is 0.742. The van der Waals surface area contributed by atoms with E-state index in [1.54, 1.807) is 0 Å². The molecule has 0 amide bonds. The second kappa shape index (κ2) is 10.0. The van der Waals surface area contributed by atoms with Gasteiger partial charge < -0.3 is 4.90 Å². The summed E-state index contributed by atoms with van der Waals surface area (Å²) in [6, 6.07) is 53.5. The molecule has 2 atom stereocenters. The average Bonchev–Trinajstić information content (AvgIpc) is 3.67. The summed E-state index contributed by atoms with van der Waals surface area (Å²) in [6.07, 6.45) is 9.89. The van der Waals surface area contributed by atoms with Crippen LogP contribution in [-0.4, -0.2) is 15.6 Å². The molecule has 7 aromatic rings. The van der Waals surface area contributed by atoms with E-state index in [9.17, 15) is 0 Å². The molecule has 0 saturated carbocycles. The predicted molar refractivity (Wildman–Crippen MR) is 193 cm³/mol. The van der Waals surface area contributed by atoms with E-state index >= 15 is 0 Å². The van der Waals surface area contributed by atoms with Crippen LogP contribution < -0.4 is 4.90 Å². The van der Waals surface area contributed by atoms with Gasteiger partial charge in [-0.05, 0) is 76.2 Å². The van der Waals surface area contributed by atoms with Gasteiger partial charge in [0.15, 0.2) is 0 Å². The molecule has 2 heterocycles. The van der Waals surface area contributed by atoms with Gasteiger partial charge in [0, 0.05) is 16.9 Å². The molecule has 2 unspecified atom stereocenters. The highest BCUT2D eigenvalue weighted by Crippen LogP contribution is 2.61. The molecule has 1 spiro atoms. The lowest BCUT2D eigenvalue weighted by Crippen LogP contribution is -2.34. The van der Waals surface area contributed by atoms with Crippen molar-refractivity contribution in [3.05, 3.63) is 192 Å². The normalized spacial score (nSPS) is 18.3. The summed E-state index contributed by atoms with van der Waals surface area (Å²) in [5.74, 6) is 0.975. The van der Waals surface area contributed by atoms with Gasteiger partial charge >= 0.3 is 0 Å². The topological polar surface area (TPSA) is 21.1 Å². The first-order valence-corrected chi connectivity index (χ1v) is 16.4. The van der Waals surface area contributed by atoms with Crippen molar-refractivity contribution < 1.29 is 0 Å². The molecule has 3 nitrogen and oxygen atoms in total. The summed E-state index contributed by atoms with van der Waals surface area (Å²) in [5, 5.41) is 0. The molecular formula is C44H31N3. The van der Waals surface area contributed by atoms with Crippen LogP contribution in [0.2, 0.25) is 0 Å². The van der Waals surface area contributed by atoms with Crippen molar-refractivity contribution in [2.24, 2.45) is 0 Å². The van der Waals surface area contributed by atoms with Crippen LogP contribution in [0.15, 0.2) is 170 Å². The number of nitrogens with zero attached hydrogens (tertiary/aromatic N) is 3. The van der Waals surface area contributed by atoms with Crippen LogP contribution in [0, 0.1) is 0 Å². The van der Waals surface area contributed by atoms with E-state index in [0.717, 1.165) is 23.3 Å². The zero-order valence-corrected chi connectivity index (χ0v) is 25.8. The second-order valence-corrected chi connectivity index (χ2v) is 12.7. The summed E-state index contributed by atoms with van der Waals surface area (Å²) in [7, 11) is 0. The van der Waals surface area contributed by atoms with Crippen molar-refractivity contribution in [2.45, 2.75) is 17.9 Å². The number of hydrogen-bond donors (Lipinski definition) is 0. The summed E-state index contributed by atoms with van der Waals surface area (Å²) >= 11 is 0. The zero-order chi connectivity index (χ0) is 31.0. The molecule has 0 saturated heterocycles. The van der Waals surface area contributed by atoms with Gasteiger partial charge in [-0.15, -0.1) is 0 Å². The maximum atomic E-state index is 5.31. The Balaban J connectivity index is 1.31. The number of benzene rings is 6. The standard InChI is InChI=1S/C44H31N3/c1-4-15-30(16-5-1)43-45-40-25-14-24-38-42(40)47(43)41-26-13-12-23-37(41)44(38)36-22-11-10-21-34(36)35-28-27-33(29-39(35)44)46(31-17-6-2-7-18-31)32-19-8-3-9-20-32/h1-19,21-29,32H,20H2. The molecule has 6 aromatic carbocycles. The third kappa shape index (κ3) is 3.60. The number of rotatable bonds is 4. The van der Waals surface area contributed by atoms with Crippen LogP contribution >= 0.6 is 0 Å². The van der Waals surface area contributed by atoms with Crippen LogP contribution in [-0.2, 0) is 5.41 Å². The van der Waals surface area contributed by atoms with Gasteiger partial charge in [-0.3, -0.25) is 4.57 Å². The van der Waals surface area contributed by atoms with Crippen molar-refractivity contribution in [3.8, 4) is 28.2 Å². The van der Waals surface area contributed by atoms with Crippen molar-refractivity contribution in [3.63, 3.8) is 0 Å². The van der Waals surface area contributed by atoms with Crippen LogP contribution in [0.1, 0.15) is 28.7 Å². The molecule has 3 aliphatic rings. The van der Waals surface area contributed by atoms with E-state index < -0.39 is 5.41 Å². The molecule has 1 aromatic heterocycles. The highest BCUT2D eigenvalue weighted by atomic mass is 15.2. The van der Waals surface area contributed by atoms with Crippen molar-refractivity contribution in [1.82, 2.24) is 9.55 Å². The van der Waals surface area contributed by atoms with Gasteiger partial charge in [-0.25, -0.2) is 4.98 Å². The number of aromatic nitrogens is 2. The first-order valence-electron chi connectivity index (χ1n) is 16.4. The predicted octanol–water partition coefficient (Wildman–Crippen LogP) is 10.4. The van der Waals surface area contributed by atoms with E-state index in [4.69, 9.17) is 4.98 Å². The van der Waals surface area contributed by atoms with Gasteiger partial charge in [-0.1, -0.05) is 133 Å². The third-order valence-electron chi connectivity index (χ3n) is 10.3. The average molecular weight is 602 g/mol. The fourth-order valence-corrected chi connectivity index (χ4v) is 8.45. The lowest BCUT2D eigenvalue weighted by Gasteiger charge is -2.40. The molecule has 222 valence electrons. The number of para-hydroxylation sites is 3. The highest BCUT2D eigenvalue weighted by molar-refractivity contribution is 5.97. The molecule has 3 heteroatoms. The fraction of sp³-hybridized carbons (Fsp3) is 0.0682. The van der Waals surface area contributed by atoms with Crippen LogP contribution in [0.5, 0.6) is 0 Å². The summed E-state index contributed by atoms with van der Waals surface area (Å²) in [5.41, 5.74) is 14.2. The Morgan fingerprint density at radius 3 is 2.15 bits per heavy atom. The Morgan fingerprint density at radius 2 is 1.32 bits per heavy atom. The number of hydrogen-bond acceptors (Lipinski definition) is 2. The molecule has 47 heavy (non-hydrogen) atoms. The molecule has 0 radical (unpaired) electrons. The number of anilines is 2. The van der Waals surface area contributed by atoms with Gasteiger partial charge in [0.1, 0.15) is 5.82 Å². The quantitative estimate of drug-likeness (QED) is 0.200. The Hall–Kier alpha value is -5.93. The Morgan fingerprint density at radius 1 is 0.596 bits per heavy atom. The summed E-state index contributed by atoms with van der Waals surface area (Å²) < 4.78 is 2.40. The van der Waals surface area contributed by atoms with E-state index in [2.05, 4.69) is 179 Å². The molecular weight excluding hydrogens is 571 g/mol. The minimum atomic E-state index is -0.507. The van der Waals surface area contributed by atoms with Crippen molar-refractivity contribution in [2.75, 3.05) is 4.90 Å². The smallest absolute Gasteiger partial charge is 0.145 e. The monoisotopic (exact) mass is 601 g/mol. The second-order valence-electron chi connectivity index (χ2n) is 12.7. The fourth-order valence-electron chi connectivity index (χ4n) is 8.45. The maximum absolute atomic E-state index is 5.31. The minimum Gasteiger partial charge on any atom is -0.334 e. The third-order valence-corrected chi connectivity index (χ3v) is 10.3. The van der Waals surface area contributed by atoms with Crippen LogP contribution in [0.25, 0.3) is 39.2 Å². The first kappa shape index (κ1) is 26.3. The van der Waals surface area contributed by atoms with Gasteiger partial charge in [0.05, 0.1) is 28.2 Å². The molecule has 0 bridgehead atoms. The zero-order valence-electron chi connectivity index (χ0n) is 25.8. The van der Waals surface area contributed by atoms with Crippen LogP contribution in [0.3, 0.4) is 0 Å². The van der Waals surface area contributed by atoms with E-state index in [-0.39, 0.29) is 6.04 Å². The van der Waals surface area contributed by atoms with Crippen molar-refractivity contribution >= 4 is 22.4 Å². The molecule has 0 fully saturated rings. The molecule has 0 N–H and O–H groups in total. The maximum Gasteiger partial charge on any atom is 0.145 e. The van der Waals surface area contributed by atoms with E-state index in [1.807, 2.05) is 0 Å². The van der Waals surface area contributed by atoms with E-state index in [0.29, 0.717) is 0 Å².